The number of amides is 1. The molecular weight excluding hydrogens is 218 g/mol. The zero-order valence-corrected chi connectivity index (χ0v) is 9.17. The SMILES string of the molecule is CN(C)C(=O)CNc1nc(C(=O)O)cs1. The maximum absolute atomic E-state index is 11.2. The van der Waals surface area contributed by atoms with Gasteiger partial charge in [-0.1, -0.05) is 0 Å². The van der Waals surface area contributed by atoms with Gasteiger partial charge < -0.3 is 15.3 Å². The number of rotatable bonds is 4. The Labute approximate surface area is 90.5 Å². The number of nitrogens with one attached hydrogen (secondary N) is 1. The molecule has 0 saturated carbocycles. The molecule has 1 aromatic rings. The van der Waals surface area contributed by atoms with E-state index in [0.29, 0.717) is 5.13 Å². The Kier molecular flexibility index (Phi) is 3.62. The summed E-state index contributed by atoms with van der Waals surface area (Å²) in [5.41, 5.74) is -0.0141. The number of aromatic nitrogens is 1. The molecule has 0 radical (unpaired) electrons. The van der Waals surface area contributed by atoms with Crippen LogP contribution in [0.3, 0.4) is 0 Å². The van der Waals surface area contributed by atoms with Crippen LogP contribution in [0.25, 0.3) is 0 Å². The summed E-state index contributed by atoms with van der Waals surface area (Å²) in [7, 11) is 3.29. The van der Waals surface area contributed by atoms with E-state index >= 15 is 0 Å². The Balaban J connectivity index is 2.51. The van der Waals surface area contributed by atoms with Gasteiger partial charge in [0.2, 0.25) is 5.91 Å². The lowest BCUT2D eigenvalue weighted by Crippen LogP contribution is -2.28. The van der Waals surface area contributed by atoms with Crippen molar-refractivity contribution in [3.63, 3.8) is 0 Å². The number of carboxylic acids is 1. The van der Waals surface area contributed by atoms with Crippen LogP contribution >= 0.6 is 11.3 Å². The normalized spacial score (nSPS) is 9.73. The van der Waals surface area contributed by atoms with Crippen LogP contribution in [0.15, 0.2) is 5.38 Å². The lowest BCUT2D eigenvalue weighted by Gasteiger charge is -2.09. The van der Waals surface area contributed by atoms with E-state index in [1.54, 1.807) is 14.1 Å². The van der Waals surface area contributed by atoms with Crippen LogP contribution in [0.4, 0.5) is 5.13 Å². The fraction of sp³-hybridized carbons (Fsp3) is 0.375. The molecule has 6 nitrogen and oxygen atoms in total. The number of aromatic carboxylic acids is 1. The molecule has 1 aromatic heterocycles. The lowest BCUT2D eigenvalue weighted by atomic mass is 10.5. The molecule has 0 spiro atoms. The molecule has 0 atom stereocenters. The van der Waals surface area contributed by atoms with Gasteiger partial charge in [0.15, 0.2) is 10.8 Å². The van der Waals surface area contributed by atoms with Gasteiger partial charge in [0.05, 0.1) is 6.54 Å². The summed E-state index contributed by atoms with van der Waals surface area (Å²) in [5.74, 6) is -1.17. The van der Waals surface area contributed by atoms with Crippen molar-refractivity contribution < 1.29 is 14.7 Å². The molecule has 1 heterocycles. The van der Waals surface area contributed by atoms with Crippen molar-refractivity contribution in [1.82, 2.24) is 9.88 Å². The fourth-order valence-electron chi connectivity index (χ4n) is 0.762. The topological polar surface area (TPSA) is 82.5 Å². The van der Waals surface area contributed by atoms with Gasteiger partial charge in [0.1, 0.15) is 0 Å². The quantitative estimate of drug-likeness (QED) is 0.778. The van der Waals surface area contributed by atoms with Gasteiger partial charge in [-0.2, -0.15) is 0 Å². The van der Waals surface area contributed by atoms with Gasteiger partial charge >= 0.3 is 5.97 Å². The highest BCUT2D eigenvalue weighted by molar-refractivity contribution is 7.13. The van der Waals surface area contributed by atoms with Crippen LogP contribution in [0.2, 0.25) is 0 Å². The van der Waals surface area contributed by atoms with Crippen molar-refractivity contribution in [3.05, 3.63) is 11.1 Å². The Bertz CT molecular complexity index is 375. The minimum atomic E-state index is -1.07. The molecule has 0 aromatic carbocycles. The van der Waals surface area contributed by atoms with Crippen molar-refractivity contribution in [3.8, 4) is 0 Å². The molecule has 2 N–H and O–H groups in total. The minimum absolute atomic E-state index is 0.0141. The van der Waals surface area contributed by atoms with Gasteiger partial charge in [-0.05, 0) is 0 Å². The molecule has 1 amide bonds. The second kappa shape index (κ2) is 4.74. The molecule has 7 heteroatoms. The molecule has 0 bridgehead atoms. The second-order valence-corrected chi connectivity index (χ2v) is 3.84. The van der Waals surface area contributed by atoms with Crippen LogP contribution in [-0.2, 0) is 4.79 Å². The van der Waals surface area contributed by atoms with Crippen LogP contribution < -0.4 is 5.32 Å². The molecule has 0 aliphatic carbocycles. The average molecular weight is 229 g/mol. The number of thiazole rings is 1. The standard InChI is InChI=1S/C8H11N3O3S/c1-11(2)6(12)3-9-8-10-5(4-15-8)7(13)14/h4H,3H2,1-2H3,(H,9,10)(H,13,14). The van der Waals surface area contributed by atoms with E-state index in [4.69, 9.17) is 5.11 Å². The average Bonchev–Trinajstić information content (AvgIpc) is 2.62. The highest BCUT2D eigenvalue weighted by atomic mass is 32.1. The summed E-state index contributed by atoms with van der Waals surface area (Å²) in [6.45, 7) is 0.111. The third-order valence-electron chi connectivity index (χ3n) is 1.61. The maximum Gasteiger partial charge on any atom is 0.355 e. The number of anilines is 1. The zero-order chi connectivity index (χ0) is 11.4. The van der Waals surface area contributed by atoms with E-state index < -0.39 is 5.97 Å². The third-order valence-corrected chi connectivity index (χ3v) is 2.41. The van der Waals surface area contributed by atoms with Gasteiger partial charge in [-0.25, -0.2) is 9.78 Å². The summed E-state index contributed by atoms with van der Waals surface area (Å²) in [6.07, 6.45) is 0. The Morgan fingerprint density at radius 1 is 1.60 bits per heavy atom. The number of hydrogen-bond donors (Lipinski definition) is 2. The first-order valence-corrected chi connectivity index (χ1v) is 5.01. The summed E-state index contributed by atoms with van der Waals surface area (Å²) in [6, 6.07) is 0. The second-order valence-electron chi connectivity index (χ2n) is 2.98. The maximum atomic E-state index is 11.2. The smallest absolute Gasteiger partial charge is 0.355 e. The largest absolute Gasteiger partial charge is 0.476 e. The van der Waals surface area contributed by atoms with E-state index in [1.807, 2.05) is 0 Å². The van der Waals surface area contributed by atoms with Crippen LogP contribution in [-0.4, -0.2) is 47.5 Å². The van der Waals surface area contributed by atoms with E-state index in [0.717, 1.165) is 11.3 Å². The monoisotopic (exact) mass is 229 g/mol. The molecule has 15 heavy (non-hydrogen) atoms. The first kappa shape index (κ1) is 11.4. The first-order chi connectivity index (χ1) is 7.00. The third kappa shape index (κ3) is 3.21. The number of carboxylic acid groups (broad SMARTS) is 1. The molecule has 0 fully saturated rings. The van der Waals surface area contributed by atoms with E-state index in [-0.39, 0.29) is 18.1 Å². The van der Waals surface area contributed by atoms with Gasteiger partial charge in [0, 0.05) is 19.5 Å². The molecule has 82 valence electrons. The number of hydrogen-bond acceptors (Lipinski definition) is 5. The Morgan fingerprint density at radius 3 is 2.73 bits per heavy atom. The predicted octanol–water partition coefficient (Wildman–Crippen LogP) is 0.341. The molecular formula is C8H11N3O3S. The summed E-state index contributed by atoms with van der Waals surface area (Å²) < 4.78 is 0. The first-order valence-electron chi connectivity index (χ1n) is 4.13. The number of carbonyl (C=O) groups is 2. The fourth-order valence-corrected chi connectivity index (χ4v) is 1.45. The molecule has 0 unspecified atom stereocenters. The summed E-state index contributed by atoms with van der Waals surface area (Å²) >= 11 is 1.16. The van der Waals surface area contributed by atoms with E-state index in [1.165, 1.54) is 10.3 Å². The van der Waals surface area contributed by atoms with Gasteiger partial charge in [-0.15, -0.1) is 11.3 Å². The molecule has 0 aliphatic rings. The van der Waals surface area contributed by atoms with Gasteiger partial charge in [-0.3, -0.25) is 4.79 Å². The summed E-state index contributed by atoms with van der Waals surface area (Å²) in [5, 5.41) is 13.2. The van der Waals surface area contributed by atoms with Crippen molar-refractivity contribution in [2.45, 2.75) is 0 Å². The number of nitrogens with zero attached hydrogens (tertiary/aromatic N) is 2. The highest BCUT2D eigenvalue weighted by Crippen LogP contribution is 2.14. The predicted molar refractivity (Wildman–Crippen MR) is 56.3 cm³/mol. The summed E-state index contributed by atoms with van der Waals surface area (Å²) in [4.78, 5) is 26.9. The lowest BCUT2D eigenvalue weighted by molar-refractivity contribution is -0.126. The van der Waals surface area contributed by atoms with Crippen molar-refractivity contribution in [1.29, 1.82) is 0 Å². The van der Waals surface area contributed by atoms with Gasteiger partial charge in [0.25, 0.3) is 0 Å². The van der Waals surface area contributed by atoms with Crippen LogP contribution in [0.1, 0.15) is 10.5 Å². The Morgan fingerprint density at radius 2 is 2.27 bits per heavy atom. The van der Waals surface area contributed by atoms with Crippen molar-refractivity contribution in [2.24, 2.45) is 0 Å². The van der Waals surface area contributed by atoms with E-state index in [9.17, 15) is 9.59 Å². The molecule has 1 rings (SSSR count). The molecule has 0 saturated heterocycles. The highest BCUT2D eigenvalue weighted by Gasteiger charge is 2.09. The number of likely N-dealkylation sites (N-methyl/N-ethyl adjacent to an activating group) is 1. The molecule has 0 aliphatic heterocycles. The number of carbonyl (C=O) groups excluding carboxylic acids is 1. The van der Waals surface area contributed by atoms with Crippen LogP contribution in [0, 0.1) is 0 Å². The van der Waals surface area contributed by atoms with Crippen molar-refractivity contribution >= 4 is 28.3 Å². The minimum Gasteiger partial charge on any atom is -0.476 e. The zero-order valence-electron chi connectivity index (χ0n) is 8.35. The van der Waals surface area contributed by atoms with E-state index in [2.05, 4.69) is 10.3 Å². The van der Waals surface area contributed by atoms with Crippen LogP contribution in [0.5, 0.6) is 0 Å². The Hall–Kier alpha value is -1.63. The van der Waals surface area contributed by atoms with Crippen molar-refractivity contribution in [2.75, 3.05) is 26.0 Å².